The predicted molar refractivity (Wildman–Crippen MR) is 107 cm³/mol. The summed E-state index contributed by atoms with van der Waals surface area (Å²) in [4.78, 5) is 29.3. The van der Waals surface area contributed by atoms with Gasteiger partial charge >= 0.3 is 5.69 Å². The Bertz CT molecular complexity index is 1310. The zero-order valence-electron chi connectivity index (χ0n) is 16.3. The number of aromatic nitrogens is 3. The highest BCUT2D eigenvalue weighted by Crippen LogP contribution is 2.38. The predicted octanol–water partition coefficient (Wildman–Crippen LogP) is 1.34. The number of nitrogens with zero attached hydrogens (tertiary/aromatic N) is 3. The fraction of sp³-hybridized carbons (Fsp3) is 0.316. The molecular formula is C19H22N4O4S. The van der Waals surface area contributed by atoms with Crippen molar-refractivity contribution in [1.82, 2.24) is 14.1 Å². The molecule has 3 rings (SSSR count). The van der Waals surface area contributed by atoms with Gasteiger partial charge in [-0.15, -0.1) is 0 Å². The summed E-state index contributed by atoms with van der Waals surface area (Å²) in [5.74, 6) is -0.246. The number of pyridine rings is 1. The van der Waals surface area contributed by atoms with E-state index in [0.29, 0.717) is 0 Å². The van der Waals surface area contributed by atoms with Gasteiger partial charge in [-0.1, -0.05) is 39.0 Å². The highest BCUT2D eigenvalue weighted by atomic mass is 32.2. The molecule has 3 aromatic rings. The Balaban J connectivity index is 2.66. The second kappa shape index (κ2) is 6.30. The Hall–Kier alpha value is -2.94. The van der Waals surface area contributed by atoms with E-state index in [4.69, 9.17) is 5.73 Å². The average molecular weight is 402 g/mol. The van der Waals surface area contributed by atoms with Gasteiger partial charge in [-0.2, -0.15) is 0 Å². The lowest BCUT2D eigenvalue weighted by atomic mass is 9.85. The summed E-state index contributed by atoms with van der Waals surface area (Å²) in [5, 5.41) is 0.0702. The number of hydrogen-bond acceptors (Lipinski definition) is 6. The van der Waals surface area contributed by atoms with Crippen LogP contribution in [-0.4, -0.2) is 22.5 Å². The molecule has 2 N–H and O–H groups in total. The Kier molecular flexibility index (Phi) is 4.46. The minimum atomic E-state index is -4.05. The van der Waals surface area contributed by atoms with Gasteiger partial charge in [0.15, 0.2) is 5.65 Å². The van der Waals surface area contributed by atoms with E-state index >= 15 is 0 Å². The van der Waals surface area contributed by atoms with Crippen LogP contribution in [0.4, 0.5) is 5.82 Å². The molecule has 0 aliphatic rings. The van der Waals surface area contributed by atoms with Crippen LogP contribution in [0.5, 0.6) is 0 Å². The number of nitrogens with two attached hydrogens (primary N) is 1. The van der Waals surface area contributed by atoms with Crippen molar-refractivity contribution in [2.24, 2.45) is 14.1 Å². The third kappa shape index (κ3) is 2.82. The standard InChI is InChI=1S/C19H22N4O4S/c1-19(2,3)13-12-16(22(4)18(25)23(5)17(12)24)21-15(20)14(13)28(26,27)11-9-7-6-8-10-11/h6-10H,1-5H3,(H2,20,21). The van der Waals surface area contributed by atoms with Gasteiger partial charge in [0, 0.05) is 14.1 Å². The van der Waals surface area contributed by atoms with E-state index in [1.165, 1.54) is 30.8 Å². The van der Waals surface area contributed by atoms with E-state index in [9.17, 15) is 18.0 Å². The van der Waals surface area contributed by atoms with Gasteiger partial charge in [-0.3, -0.25) is 13.9 Å². The molecule has 0 spiro atoms. The molecule has 0 radical (unpaired) electrons. The second-order valence-electron chi connectivity index (χ2n) is 7.67. The van der Waals surface area contributed by atoms with Gasteiger partial charge in [0.2, 0.25) is 9.84 Å². The molecule has 0 unspecified atom stereocenters. The number of fused-ring (bicyclic) bond motifs is 1. The minimum Gasteiger partial charge on any atom is -0.383 e. The summed E-state index contributed by atoms with van der Waals surface area (Å²) >= 11 is 0. The minimum absolute atomic E-state index is 0.0509. The molecule has 0 saturated carbocycles. The molecule has 0 amide bonds. The molecule has 0 atom stereocenters. The van der Waals surface area contributed by atoms with Crippen LogP contribution in [0.2, 0.25) is 0 Å². The lowest BCUT2D eigenvalue weighted by molar-refractivity contribution is 0.563. The SMILES string of the molecule is Cn1c(=O)c2c(C(C)(C)C)c(S(=O)(=O)c3ccccc3)c(N)nc2n(C)c1=O. The zero-order valence-corrected chi connectivity index (χ0v) is 17.2. The first-order chi connectivity index (χ1) is 12.9. The highest BCUT2D eigenvalue weighted by Gasteiger charge is 2.34. The third-order valence-corrected chi connectivity index (χ3v) is 6.49. The summed E-state index contributed by atoms with van der Waals surface area (Å²) in [6.07, 6.45) is 0. The van der Waals surface area contributed by atoms with Crippen molar-refractivity contribution in [3.05, 3.63) is 56.7 Å². The van der Waals surface area contributed by atoms with Crippen LogP contribution in [0.15, 0.2) is 49.7 Å². The van der Waals surface area contributed by atoms with Gasteiger partial charge in [-0.25, -0.2) is 18.2 Å². The number of rotatable bonds is 2. The Morgan fingerprint density at radius 1 is 1.00 bits per heavy atom. The Morgan fingerprint density at radius 2 is 1.57 bits per heavy atom. The molecule has 0 bridgehead atoms. The molecule has 0 aliphatic heterocycles. The van der Waals surface area contributed by atoms with Crippen LogP contribution in [0, 0.1) is 0 Å². The van der Waals surface area contributed by atoms with Crippen LogP contribution in [0.25, 0.3) is 11.0 Å². The molecule has 9 heteroatoms. The van der Waals surface area contributed by atoms with Gasteiger partial charge in [-0.05, 0) is 23.1 Å². The van der Waals surface area contributed by atoms with E-state index in [-0.39, 0.29) is 32.2 Å². The van der Waals surface area contributed by atoms with Gasteiger partial charge in [0.25, 0.3) is 5.56 Å². The average Bonchev–Trinajstić information content (AvgIpc) is 2.63. The van der Waals surface area contributed by atoms with E-state index < -0.39 is 26.5 Å². The smallest absolute Gasteiger partial charge is 0.332 e. The molecule has 2 aromatic heterocycles. The van der Waals surface area contributed by atoms with Crippen molar-refractivity contribution in [3.63, 3.8) is 0 Å². The number of anilines is 1. The third-order valence-electron chi connectivity index (χ3n) is 4.64. The summed E-state index contributed by atoms with van der Waals surface area (Å²) in [6, 6.07) is 7.85. The molecule has 0 fully saturated rings. The largest absolute Gasteiger partial charge is 0.383 e. The van der Waals surface area contributed by atoms with Crippen molar-refractivity contribution < 1.29 is 8.42 Å². The van der Waals surface area contributed by atoms with E-state index in [1.807, 2.05) is 0 Å². The maximum absolute atomic E-state index is 13.4. The summed E-state index contributed by atoms with van der Waals surface area (Å²) < 4.78 is 29.0. The molecule has 0 aliphatic carbocycles. The monoisotopic (exact) mass is 402 g/mol. The fourth-order valence-corrected chi connectivity index (χ4v) is 5.04. The van der Waals surface area contributed by atoms with Gasteiger partial charge in [0.1, 0.15) is 10.7 Å². The normalized spacial score (nSPS) is 12.5. The van der Waals surface area contributed by atoms with Crippen LogP contribution >= 0.6 is 0 Å². The summed E-state index contributed by atoms with van der Waals surface area (Å²) in [6.45, 7) is 5.36. The first kappa shape index (κ1) is 19.8. The van der Waals surface area contributed by atoms with Crippen molar-refractivity contribution in [3.8, 4) is 0 Å². The number of nitrogen functional groups attached to an aromatic ring is 1. The van der Waals surface area contributed by atoms with E-state index in [2.05, 4.69) is 4.98 Å². The number of benzene rings is 1. The number of sulfone groups is 1. The van der Waals surface area contributed by atoms with Crippen LogP contribution in [0.1, 0.15) is 26.3 Å². The topological polar surface area (TPSA) is 117 Å². The molecular weight excluding hydrogens is 380 g/mol. The van der Waals surface area contributed by atoms with Crippen molar-refractivity contribution in [2.45, 2.75) is 36.0 Å². The lowest BCUT2D eigenvalue weighted by Gasteiger charge is -2.26. The second-order valence-corrected chi connectivity index (χ2v) is 9.56. The van der Waals surface area contributed by atoms with Crippen LogP contribution in [-0.2, 0) is 29.3 Å². The fourth-order valence-electron chi connectivity index (χ4n) is 3.29. The number of aryl methyl sites for hydroxylation is 1. The van der Waals surface area contributed by atoms with Crippen molar-refractivity contribution in [2.75, 3.05) is 5.73 Å². The molecule has 0 saturated heterocycles. The summed E-state index contributed by atoms with van der Waals surface area (Å²) in [5.41, 5.74) is 4.46. The lowest BCUT2D eigenvalue weighted by Crippen LogP contribution is -2.39. The quantitative estimate of drug-likeness (QED) is 0.691. The molecule has 8 nitrogen and oxygen atoms in total. The van der Waals surface area contributed by atoms with E-state index in [0.717, 1.165) is 4.57 Å². The van der Waals surface area contributed by atoms with Crippen molar-refractivity contribution >= 4 is 26.7 Å². The zero-order chi connectivity index (χ0) is 21.0. The molecule has 1 aromatic carbocycles. The maximum Gasteiger partial charge on any atom is 0.332 e. The Labute approximate surface area is 162 Å². The van der Waals surface area contributed by atoms with Crippen LogP contribution in [0.3, 0.4) is 0 Å². The first-order valence-corrected chi connectivity index (χ1v) is 10.1. The molecule has 28 heavy (non-hydrogen) atoms. The van der Waals surface area contributed by atoms with Gasteiger partial charge in [0.05, 0.1) is 10.3 Å². The Morgan fingerprint density at radius 3 is 2.11 bits per heavy atom. The molecule has 2 heterocycles. The van der Waals surface area contributed by atoms with Crippen LogP contribution < -0.4 is 17.0 Å². The van der Waals surface area contributed by atoms with Crippen molar-refractivity contribution in [1.29, 1.82) is 0 Å². The number of hydrogen-bond donors (Lipinski definition) is 1. The first-order valence-electron chi connectivity index (χ1n) is 8.59. The maximum atomic E-state index is 13.4. The highest BCUT2D eigenvalue weighted by molar-refractivity contribution is 7.91. The van der Waals surface area contributed by atoms with Gasteiger partial charge < -0.3 is 5.73 Å². The molecule has 148 valence electrons. The van der Waals surface area contributed by atoms with E-state index in [1.54, 1.807) is 39.0 Å². The summed E-state index contributed by atoms with van der Waals surface area (Å²) in [7, 11) is -1.24.